The number of hydrogen-bond donors (Lipinski definition) is 1. The Labute approximate surface area is 160 Å². The quantitative estimate of drug-likeness (QED) is 0.509. The van der Waals surface area contributed by atoms with E-state index in [-0.39, 0.29) is 17.5 Å². The molecule has 0 atom stereocenters. The van der Waals surface area contributed by atoms with E-state index in [0.717, 1.165) is 17.0 Å². The lowest BCUT2D eigenvalue weighted by atomic mass is 10.2. The number of nitrogens with zero attached hydrogens (tertiary/aromatic N) is 6. The fourth-order valence-corrected chi connectivity index (χ4v) is 3.32. The Morgan fingerprint density at radius 3 is 2.59 bits per heavy atom. The van der Waals surface area contributed by atoms with E-state index >= 15 is 0 Å². The van der Waals surface area contributed by atoms with Gasteiger partial charge in [0.25, 0.3) is 5.95 Å². The molecule has 3 rings (SSSR count). The van der Waals surface area contributed by atoms with E-state index in [9.17, 15) is 9.18 Å². The lowest BCUT2D eigenvalue weighted by Crippen LogP contribution is -2.28. The molecule has 0 radical (unpaired) electrons. The summed E-state index contributed by atoms with van der Waals surface area (Å²) >= 11 is 1.20. The van der Waals surface area contributed by atoms with E-state index in [4.69, 9.17) is 5.84 Å². The second kappa shape index (κ2) is 7.78. The largest absolute Gasteiger partial charge is 0.341 e. The number of aryl methyl sites for hydroxylation is 2. The van der Waals surface area contributed by atoms with Gasteiger partial charge >= 0.3 is 0 Å². The number of thioether (sulfide) groups is 1. The van der Waals surface area contributed by atoms with E-state index < -0.39 is 0 Å². The monoisotopic (exact) mass is 389 g/mol. The van der Waals surface area contributed by atoms with Crippen LogP contribution in [0.4, 0.5) is 4.39 Å². The first kappa shape index (κ1) is 18.9. The molecule has 1 aromatic carbocycles. The van der Waals surface area contributed by atoms with E-state index in [0.29, 0.717) is 17.6 Å². The third-order valence-electron chi connectivity index (χ3n) is 3.93. The van der Waals surface area contributed by atoms with Gasteiger partial charge in [-0.25, -0.2) is 13.7 Å². The number of amides is 1. The average Bonchev–Trinajstić information content (AvgIpc) is 3.15. The normalized spacial score (nSPS) is 11.0. The van der Waals surface area contributed by atoms with Gasteiger partial charge in [-0.2, -0.15) is 5.10 Å². The maximum absolute atomic E-state index is 13.0. The van der Waals surface area contributed by atoms with Crippen molar-refractivity contribution < 1.29 is 9.18 Å². The van der Waals surface area contributed by atoms with Crippen LogP contribution in [0.15, 0.2) is 35.5 Å². The molecule has 0 fully saturated rings. The minimum absolute atomic E-state index is 0.0972. The lowest BCUT2D eigenvalue weighted by Gasteiger charge is -2.16. The molecule has 0 bridgehead atoms. The summed E-state index contributed by atoms with van der Waals surface area (Å²) in [6, 6.07) is 7.97. The number of halogens is 1. The van der Waals surface area contributed by atoms with Crippen molar-refractivity contribution in [2.45, 2.75) is 25.5 Å². The van der Waals surface area contributed by atoms with Crippen LogP contribution >= 0.6 is 11.8 Å². The average molecular weight is 389 g/mol. The van der Waals surface area contributed by atoms with E-state index in [2.05, 4.69) is 15.3 Å². The van der Waals surface area contributed by atoms with Gasteiger partial charge in [0.15, 0.2) is 0 Å². The van der Waals surface area contributed by atoms with Crippen molar-refractivity contribution in [2.75, 3.05) is 18.6 Å². The molecular formula is C17H20FN7OS. The fraction of sp³-hybridized carbons (Fsp3) is 0.294. The predicted molar refractivity (Wildman–Crippen MR) is 100 cm³/mol. The third-order valence-corrected chi connectivity index (χ3v) is 4.86. The van der Waals surface area contributed by atoms with Crippen LogP contribution in [0.5, 0.6) is 0 Å². The van der Waals surface area contributed by atoms with Gasteiger partial charge in [-0.1, -0.05) is 23.9 Å². The number of nitrogens with two attached hydrogens (primary N) is 1. The zero-order valence-electron chi connectivity index (χ0n) is 15.3. The first-order valence-electron chi connectivity index (χ1n) is 8.20. The van der Waals surface area contributed by atoms with Crippen molar-refractivity contribution >= 4 is 17.7 Å². The van der Waals surface area contributed by atoms with Crippen LogP contribution < -0.4 is 5.84 Å². The molecule has 0 aliphatic heterocycles. The summed E-state index contributed by atoms with van der Waals surface area (Å²) in [5.41, 5.74) is 2.59. The first-order chi connectivity index (χ1) is 12.8. The van der Waals surface area contributed by atoms with Gasteiger partial charge in [-0.05, 0) is 37.6 Å². The molecule has 10 heteroatoms. The molecule has 1 amide bonds. The van der Waals surface area contributed by atoms with Crippen molar-refractivity contribution in [3.63, 3.8) is 0 Å². The summed E-state index contributed by atoms with van der Waals surface area (Å²) in [5.74, 6) is 6.21. The van der Waals surface area contributed by atoms with Crippen LogP contribution in [0.25, 0.3) is 5.95 Å². The molecule has 8 nitrogen and oxygen atoms in total. The SMILES string of the molecule is Cc1cc(C)n(-c2nnc(SCC(=O)N(C)Cc3ccc(F)cc3)n2N)n1. The number of carbonyl (C=O) groups is 1. The molecule has 2 heterocycles. The summed E-state index contributed by atoms with van der Waals surface area (Å²) in [6.07, 6.45) is 0. The van der Waals surface area contributed by atoms with Gasteiger partial charge in [-0.15, -0.1) is 10.2 Å². The van der Waals surface area contributed by atoms with Gasteiger partial charge in [0.1, 0.15) is 5.82 Å². The molecule has 0 saturated heterocycles. The smallest absolute Gasteiger partial charge is 0.271 e. The summed E-state index contributed by atoms with van der Waals surface area (Å²) in [7, 11) is 1.70. The van der Waals surface area contributed by atoms with Gasteiger partial charge in [0.05, 0.1) is 11.4 Å². The molecule has 0 unspecified atom stereocenters. The molecule has 3 aromatic rings. The van der Waals surface area contributed by atoms with Crippen molar-refractivity contribution in [2.24, 2.45) is 0 Å². The first-order valence-corrected chi connectivity index (χ1v) is 9.19. The maximum atomic E-state index is 13.0. The Morgan fingerprint density at radius 1 is 1.26 bits per heavy atom. The molecule has 0 saturated carbocycles. The highest BCUT2D eigenvalue weighted by atomic mass is 32.2. The van der Waals surface area contributed by atoms with Crippen LogP contribution in [-0.2, 0) is 11.3 Å². The second-order valence-corrected chi connectivity index (χ2v) is 7.10. The number of benzene rings is 1. The molecule has 27 heavy (non-hydrogen) atoms. The zero-order valence-corrected chi connectivity index (χ0v) is 16.1. The Balaban J connectivity index is 1.62. The molecule has 0 aliphatic rings. The fourth-order valence-electron chi connectivity index (χ4n) is 2.53. The van der Waals surface area contributed by atoms with Gasteiger partial charge in [-0.3, -0.25) is 4.79 Å². The van der Waals surface area contributed by atoms with Gasteiger partial charge in [0.2, 0.25) is 11.1 Å². The standard InChI is InChI=1S/C17H20FN7OS/c1-11-8-12(2)25(22-11)16-20-21-17(24(16)19)27-10-15(26)23(3)9-13-4-6-14(18)7-5-13/h4-8H,9-10,19H2,1-3H3. The topological polar surface area (TPSA) is 94.9 Å². The van der Waals surface area contributed by atoms with Gasteiger partial charge in [0, 0.05) is 19.3 Å². The van der Waals surface area contributed by atoms with Crippen LogP contribution in [-0.4, -0.2) is 48.3 Å². The molecule has 2 aromatic heterocycles. The third kappa shape index (κ3) is 4.27. The summed E-state index contributed by atoms with van der Waals surface area (Å²) < 4.78 is 15.9. The Bertz CT molecular complexity index is 951. The van der Waals surface area contributed by atoms with Crippen LogP contribution in [0.2, 0.25) is 0 Å². The number of nitrogen functional groups attached to an aromatic ring is 1. The molecule has 142 valence electrons. The highest BCUT2D eigenvalue weighted by molar-refractivity contribution is 7.99. The minimum Gasteiger partial charge on any atom is -0.341 e. The number of hydrogen-bond acceptors (Lipinski definition) is 6. The van der Waals surface area contributed by atoms with Crippen molar-refractivity contribution in [3.05, 3.63) is 53.1 Å². The Kier molecular flexibility index (Phi) is 5.45. The maximum Gasteiger partial charge on any atom is 0.271 e. The number of aromatic nitrogens is 5. The molecule has 2 N–H and O–H groups in total. The van der Waals surface area contributed by atoms with E-state index in [1.54, 1.807) is 28.8 Å². The van der Waals surface area contributed by atoms with E-state index in [1.165, 1.54) is 28.6 Å². The molecule has 0 spiro atoms. The van der Waals surface area contributed by atoms with Crippen molar-refractivity contribution in [1.82, 2.24) is 29.6 Å². The molecular weight excluding hydrogens is 369 g/mol. The highest BCUT2D eigenvalue weighted by Crippen LogP contribution is 2.18. The number of carbonyl (C=O) groups excluding carboxylic acids is 1. The van der Waals surface area contributed by atoms with Gasteiger partial charge < -0.3 is 10.7 Å². The van der Waals surface area contributed by atoms with Crippen molar-refractivity contribution in [3.8, 4) is 5.95 Å². The molecule has 0 aliphatic carbocycles. The van der Waals surface area contributed by atoms with Crippen LogP contribution in [0.3, 0.4) is 0 Å². The number of rotatable bonds is 6. The summed E-state index contributed by atoms with van der Waals surface area (Å²) in [6.45, 7) is 4.17. The minimum atomic E-state index is -0.302. The Hall–Kier alpha value is -2.88. The predicted octanol–water partition coefficient (Wildman–Crippen LogP) is 1.68. The van der Waals surface area contributed by atoms with Crippen LogP contribution in [0.1, 0.15) is 17.0 Å². The summed E-state index contributed by atoms with van der Waals surface area (Å²) in [4.78, 5) is 13.9. The zero-order chi connectivity index (χ0) is 19.6. The van der Waals surface area contributed by atoms with Crippen LogP contribution in [0, 0.1) is 19.7 Å². The Morgan fingerprint density at radius 2 is 1.96 bits per heavy atom. The highest BCUT2D eigenvalue weighted by Gasteiger charge is 2.17. The van der Waals surface area contributed by atoms with Crippen molar-refractivity contribution in [1.29, 1.82) is 0 Å². The van der Waals surface area contributed by atoms with E-state index in [1.807, 2.05) is 19.9 Å². The lowest BCUT2D eigenvalue weighted by molar-refractivity contribution is -0.127. The second-order valence-electron chi connectivity index (χ2n) is 6.16. The summed E-state index contributed by atoms with van der Waals surface area (Å²) in [5, 5.41) is 12.9.